The second-order valence-corrected chi connectivity index (χ2v) is 5.84. The molecular formula is C15H12N4O4S. The van der Waals surface area contributed by atoms with Crippen LogP contribution in [0.5, 0.6) is 5.75 Å². The maximum Gasteiger partial charge on any atom is 0.328 e. The number of carbonyl (C=O) groups is 1. The lowest BCUT2D eigenvalue weighted by atomic mass is 10.3. The monoisotopic (exact) mass is 344 g/mol. The van der Waals surface area contributed by atoms with Gasteiger partial charge in [0.25, 0.3) is 11.5 Å². The fraction of sp³-hybridized carbons (Fsp3) is 0.0667. The van der Waals surface area contributed by atoms with Crippen LogP contribution in [0.4, 0.5) is 5.82 Å². The number of nitrogens with zero attached hydrogens (tertiary/aromatic N) is 2. The highest BCUT2D eigenvalue weighted by Crippen LogP contribution is 2.18. The summed E-state index contributed by atoms with van der Waals surface area (Å²) < 4.78 is 0.943. The molecule has 24 heavy (non-hydrogen) atoms. The topological polar surface area (TPSA) is 117 Å². The van der Waals surface area contributed by atoms with E-state index in [1.807, 2.05) is 5.38 Å². The first-order valence-electron chi connectivity index (χ1n) is 6.86. The van der Waals surface area contributed by atoms with E-state index in [9.17, 15) is 19.5 Å². The summed E-state index contributed by atoms with van der Waals surface area (Å²) in [4.78, 5) is 43.6. The zero-order valence-electron chi connectivity index (χ0n) is 12.2. The molecule has 0 atom stereocenters. The number of nitrogens with one attached hydrogen (secondary N) is 2. The number of H-pyrrole nitrogens is 1. The third-order valence-electron chi connectivity index (χ3n) is 3.22. The van der Waals surface area contributed by atoms with Crippen molar-refractivity contribution in [2.75, 3.05) is 5.32 Å². The number of aromatic amines is 1. The van der Waals surface area contributed by atoms with Crippen LogP contribution in [0, 0.1) is 0 Å². The van der Waals surface area contributed by atoms with Gasteiger partial charge in [-0.25, -0.2) is 9.78 Å². The Labute approximate surface area is 139 Å². The first-order chi connectivity index (χ1) is 11.6. The van der Waals surface area contributed by atoms with Crippen LogP contribution in [0.1, 0.15) is 15.2 Å². The van der Waals surface area contributed by atoms with E-state index in [0.29, 0.717) is 0 Å². The zero-order valence-corrected chi connectivity index (χ0v) is 13.0. The molecule has 3 N–H and O–H groups in total. The molecule has 0 bridgehead atoms. The average Bonchev–Trinajstić information content (AvgIpc) is 3.06. The highest BCUT2D eigenvalue weighted by atomic mass is 32.1. The predicted octanol–water partition coefficient (Wildman–Crippen LogP) is 0.999. The summed E-state index contributed by atoms with van der Waals surface area (Å²) in [7, 11) is 0. The fourth-order valence-corrected chi connectivity index (χ4v) is 2.74. The summed E-state index contributed by atoms with van der Waals surface area (Å²) in [5, 5.41) is 13.8. The van der Waals surface area contributed by atoms with E-state index in [-0.39, 0.29) is 23.7 Å². The van der Waals surface area contributed by atoms with Gasteiger partial charge in [-0.3, -0.25) is 14.2 Å². The van der Waals surface area contributed by atoms with E-state index >= 15 is 0 Å². The summed E-state index contributed by atoms with van der Waals surface area (Å²) in [6.07, 6.45) is 2.43. The Kier molecular flexibility index (Phi) is 4.25. The Balaban J connectivity index is 1.94. The second kappa shape index (κ2) is 6.50. The molecule has 0 unspecified atom stereocenters. The van der Waals surface area contributed by atoms with Gasteiger partial charge in [-0.15, -0.1) is 11.3 Å². The molecule has 0 radical (unpaired) electrons. The number of thiophene rings is 1. The third kappa shape index (κ3) is 3.10. The number of aromatic nitrogens is 3. The molecule has 9 heteroatoms. The van der Waals surface area contributed by atoms with Gasteiger partial charge in [0.1, 0.15) is 5.56 Å². The van der Waals surface area contributed by atoms with Gasteiger partial charge in [0.15, 0.2) is 11.6 Å². The number of rotatable bonds is 4. The second-order valence-electron chi connectivity index (χ2n) is 4.80. The van der Waals surface area contributed by atoms with E-state index in [0.717, 1.165) is 15.6 Å². The van der Waals surface area contributed by atoms with E-state index in [2.05, 4.69) is 15.3 Å². The van der Waals surface area contributed by atoms with Gasteiger partial charge in [-0.1, -0.05) is 6.07 Å². The Morgan fingerprint density at radius 1 is 1.33 bits per heavy atom. The van der Waals surface area contributed by atoms with Crippen LogP contribution in [0.25, 0.3) is 0 Å². The predicted molar refractivity (Wildman–Crippen MR) is 88.6 cm³/mol. The Bertz CT molecular complexity index is 991. The van der Waals surface area contributed by atoms with Crippen molar-refractivity contribution in [3.63, 3.8) is 0 Å². The lowest BCUT2D eigenvalue weighted by molar-refractivity contribution is 0.102. The number of hydrogen-bond acceptors (Lipinski definition) is 6. The minimum atomic E-state index is -0.773. The first-order valence-corrected chi connectivity index (χ1v) is 7.74. The number of anilines is 1. The number of amides is 1. The fourth-order valence-electron chi connectivity index (χ4n) is 2.04. The summed E-state index contributed by atoms with van der Waals surface area (Å²) in [6.45, 7) is 0.0712. The van der Waals surface area contributed by atoms with Gasteiger partial charge >= 0.3 is 5.69 Å². The summed E-state index contributed by atoms with van der Waals surface area (Å²) in [5.74, 6) is -1.07. The molecule has 0 aliphatic rings. The van der Waals surface area contributed by atoms with E-state index < -0.39 is 17.2 Å². The van der Waals surface area contributed by atoms with E-state index in [1.54, 1.807) is 12.1 Å². The molecule has 3 aromatic heterocycles. The Morgan fingerprint density at radius 3 is 2.88 bits per heavy atom. The molecule has 3 aromatic rings. The van der Waals surface area contributed by atoms with Crippen molar-refractivity contribution in [2.24, 2.45) is 0 Å². The van der Waals surface area contributed by atoms with Crippen molar-refractivity contribution in [2.45, 2.75) is 6.54 Å². The highest BCUT2D eigenvalue weighted by Gasteiger charge is 2.17. The third-order valence-corrected chi connectivity index (χ3v) is 4.08. The van der Waals surface area contributed by atoms with Crippen molar-refractivity contribution >= 4 is 23.1 Å². The highest BCUT2D eigenvalue weighted by molar-refractivity contribution is 7.09. The largest absolute Gasteiger partial charge is 0.504 e. The van der Waals surface area contributed by atoms with Crippen LogP contribution in [0.3, 0.4) is 0 Å². The lowest BCUT2D eigenvalue weighted by Crippen LogP contribution is -2.39. The molecule has 0 saturated carbocycles. The first kappa shape index (κ1) is 15.7. The van der Waals surface area contributed by atoms with E-state index in [4.69, 9.17) is 0 Å². The minimum Gasteiger partial charge on any atom is -0.504 e. The molecule has 0 fully saturated rings. The standard InChI is InChI=1S/C15H12N4O4S/c20-11-4-1-5-16-12(11)18-13(21)10-7-17-15(23)19(14(10)22)8-9-3-2-6-24-9/h1-7,20H,8H2,(H,17,23)(H,16,18,21). The molecule has 0 aliphatic carbocycles. The molecule has 0 aliphatic heterocycles. The normalized spacial score (nSPS) is 10.5. The van der Waals surface area contributed by atoms with Crippen LogP contribution in [-0.4, -0.2) is 25.5 Å². The van der Waals surface area contributed by atoms with Crippen LogP contribution in [-0.2, 0) is 6.54 Å². The number of carbonyl (C=O) groups excluding carboxylic acids is 1. The maximum absolute atomic E-state index is 12.4. The molecular weight excluding hydrogens is 332 g/mol. The summed E-state index contributed by atoms with van der Waals surface area (Å²) in [5.41, 5.74) is -1.58. The quantitative estimate of drug-likeness (QED) is 0.653. The average molecular weight is 344 g/mol. The van der Waals surface area contributed by atoms with Crippen molar-refractivity contribution < 1.29 is 9.90 Å². The molecule has 0 spiro atoms. The number of aromatic hydroxyl groups is 1. The summed E-state index contributed by atoms with van der Waals surface area (Å²) in [6, 6.07) is 6.44. The minimum absolute atomic E-state index is 0.0712. The van der Waals surface area contributed by atoms with Gasteiger partial charge in [0.2, 0.25) is 0 Å². The van der Waals surface area contributed by atoms with Crippen molar-refractivity contribution in [1.82, 2.24) is 14.5 Å². The number of pyridine rings is 1. The Hall–Kier alpha value is -3.20. The lowest BCUT2D eigenvalue weighted by Gasteiger charge is -2.07. The molecule has 0 aromatic carbocycles. The molecule has 122 valence electrons. The van der Waals surface area contributed by atoms with Crippen molar-refractivity contribution in [3.05, 3.63) is 73.3 Å². The van der Waals surface area contributed by atoms with E-state index in [1.165, 1.54) is 29.7 Å². The van der Waals surface area contributed by atoms with Crippen molar-refractivity contribution in [1.29, 1.82) is 0 Å². The zero-order chi connectivity index (χ0) is 17.1. The smallest absolute Gasteiger partial charge is 0.328 e. The van der Waals surface area contributed by atoms with Gasteiger partial charge in [0.05, 0.1) is 6.54 Å². The molecule has 3 rings (SSSR count). The van der Waals surface area contributed by atoms with Gasteiger partial charge in [0, 0.05) is 17.3 Å². The van der Waals surface area contributed by atoms with Crippen molar-refractivity contribution in [3.8, 4) is 5.75 Å². The van der Waals surface area contributed by atoms with Gasteiger partial charge < -0.3 is 15.4 Å². The number of hydrogen-bond donors (Lipinski definition) is 3. The Morgan fingerprint density at radius 2 is 2.17 bits per heavy atom. The molecule has 8 nitrogen and oxygen atoms in total. The van der Waals surface area contributed by atoms with Crippen LogP contribution < -0.4 is 16.6 Å². The van der Waals surface area contributed by atoms with Crippen LogP contribution in [0.2, 0.25) is 0 Å². The van der Waals surface area contributed by atoms with Crippen LogP contribution in [0.15, 0.2) is 51.6 Å². The molecule has 3 heterocycles. The van der Waals surface area contributed by atoms with Gasteiger partial charge in [-0.05, 0) is 23.6 Å². The SMILES string of the molecule is O=C(Nc1ncccc1O)c1c[nH]c(=O)n(Cc2cccs2)c1=O. The summed E-state index contributed by atoms with van der Waals surface area (Å²) >= 11 is 1.40. The molecule has 0 saturated heterocycles. The van der Waals surface area contributed by atoms with Crippen LogP contribution >= 0.6 is 11.3 Å². The van der Waals surface area contributed by atoms with Gasteiger partial charge in [-0.2, -0.15) is 0 Å². The maximum atomic E-state index is 12.4. The molecule has 1 amide bonds.